The lowest BCUT2D eigenvalue weighted by molar-refractivity contribution is -0.129. The summed E-state index contributed by atoms with van der Waals surface area (Å²) in [7, 11) is 3.53. The van der Waals surface area contributed by atoms with Crippen LogP contribution in [0.5, 0.6) is 5.75 Å². The van der Waals surface area contributed by atoms with Crippen molar-refractivity contribution in [1.82, 2.24) is 4.90 Å². The lowest BCUT2D eigenvalue weighted by atomic mass is 10.3. The Morgan fingerprint density at radius 3 is 2.59 bits per heavy atom. The number of aryl methyl sites for hydroxylation is 1. The number of thioether (sulfide) groups is 1. The average molecular weight is 335 g/mol. The Balaban J connectivity index is 1.75. The van der Waals surface area contributed by atoms with Crippen LogP contribution in [-0.2, 0) is 11.3 Å². The van der Waals surface area contributed by atoms with Crippen LogP contribution in [0.1, 0.15) is 16.9 Å². The minimum absolute atomic E-state index is 0.189. The molecule has 0 atom stereocenters. The molecule has 0 saturated carbocycles. The van der Waals surface area contributed by atoms with E-state index in [9.17, 15) is 4.79 Å². The molecule has 2 aromatic rings. The van der Waals surface area contributed by atoms with Crippen molar-refractivity contribution in [2.45, 2.75) is 24.8 Å². The third kappa shape index (κ3) is 4.78. The van der Waals surface area contributed by atoms with Crippen molar-refractivity contribution in [3.8, 4) is 5.75 Å². The van der Waals surface area contributed by atoms with Gasteiger partial charge in [0.25, 0.3) is 0 Å². The molecule has 0 aliphatic rings. The molecule has 0 bridgehead atoms. The molecule has 2 rings (SSSR count). The quantitative estimate of drug-likeness (QED) is 0.710. The Bertz CT molecular complexity index is 607. The highest BCUT2D eigenvalue weighted by Gasteiger charge is 2.11. The summed E-state index contributed by atoms with van der Waals surface area (Å²) in [5.74, 6) is 1.83. The summed E-state index contributed by atoms with van der Waals surface area (Å²) in [5.41, 5.74) is 1.26. The van der Waals surface area contributed by atoms with Crippen molar-refractivity contribution < 1.29 is 9.53 Å². The molecule has 3 nitrogen and oxygen atoms in total. The average Bonchev–Trinajstić information content (AvgIpc) is 2.93. The first kappa shape index (κ1) is 16.9. The van der Waals surface area contributed by atoms with Crippen molar-refractivity contribution in [3.63, 3.8) is 0 Å². The molecule has 1 amide bonds. The maximum absolute atomic E-state index is 12.2. The molecule has 22 heavy (non-hydrogen) atoms. The van der Waals surface area contributed by atoms with E-state index in [4.69, 9.17) is 4.74 Å². The molecular weight excluding hydrogens is 314 g/mol. The number of methoxy groups -OCH3 is 1. The Kier molecular flexibility index (Phi) is 6.34. The Morgan fingerprint density at radius 2 is 2.00 bits per heavy atom. The van der Waals surface area contributed by atoms with Crippen molar-refractivity contribution in [3.05, 3.63) is 46.2 Å². The summed E-state index contributed by atoms with van der Waals surface area (Å²) >= 11 is 3.40. The highest BCUT2D eigenvalue weighted by atomic mass is 32.2. The van der Waals surface area contributed by atoms with E-state index in [2.05, 4.69) is 18.4 Å². The van der Waals surface area contributed by atoms with Crippen LogP contribution >= 0.6 is 23.1 Å². The fraction of sp³-hybridized carbons (Fsp3) is 0.353. The van der Waals surface area contributed by atoms with Gasteiger partial charge in [-0.1, -0.05) is 0 Å². The van der Waals surface area contributed by atoms with E-state index in [0.717, 1.165) is 16.4 Å². The molecular formula is C17H21NO2S2. The van der Waals surface area contributed by atoms with Gasteiger partial charge in [0, 0.05) is 29.0 Å². The van der Waals surface area contributed by atoms with Crippen molar-refractivity contribution in [1.29, 1.82) is 0 Å². The normalized spacial score (nSPS) is 10.5. The standard InChI is InChI=1S/C17H21NO2S2/c1-13-8-10-22-16(13)12-18(2)17(19)9-11-21-15-6-4-14(20-3)5-7-15/h4-8,10H,9,11-12H2,1-3H3. The molecule has 1 aromatic carbocycles. The first-order valence-corrected chi connectivity index (χ1v) is 9.00. The SMILES string of the molecule is COc1ccc(SCCC(=O)N(C)Cc2sccc2C)cc1. The van der Waals surface area contributed by atoms with Crippen LogP contribution in [0.3, 0.4) is 0 Å². The number of nitrogens with zero attached hydrogens (tertiary/aromatic N) is 1. The molecule has 0 saturated heterocycles. The van der Waals surface area contributed by atoms with Crippen LogP contribution in [0.25, 0.3) is 0 Å². The molecule has 5 heteroatoms. The zero-order chi connectivity index (χ0) is 15.9. The van der Waals surface area contributed by atoms with E-state index in [1.807, 2.05) is 36.2 Å². The lowest BCUT2D eigenvalue weighted by Gasteiger charge is -2.16. The first-order chi connectivity index (χ1) is 10.6. The Morgan fingerprint density at radius 1 is 1.27 bits per heavy atom. The lowest BCUT2D eigenvalue weighted by Crippen LogP contribution is -2.26. The Labute approximate surface area is 140 Å². The van der Waals surface area contributed by atoms with Crippen molar-refractivity contribution in [2.75, 3.05) is 19.9 Å². The van der Waals surface area contributed by atoms with Crippen molar-refractivity contribution >= 4 is 29.0 Å². The fourth-order valence-corrected chi connectivity index (χ4v) is 3.79. The van der Waals surface area contributed by atoms with Gasteiger partial charge in [0.1, 0.15) is 5.75 Å². The highest BCUT2D eigenvalue weighted by Crippen LogP contribution is 2.22. The Hall–Kier alpha value is -1.46. The number of rotatable bonds is 7. The van der Waals surface area contributed by atoms with Crippen molar-refractivity contribution in [2.24, 2.45) is 0 Å². The molecule has 0 unspecified atom stereocenters. The predicted octanol–water partition coefficient (Wildman–Crippen LogP) is 4.21. The fourth-order valence-electron chi connectivity index (χ4n) is 1.99. The molecule has 118 valence electrons. The number of ether oxygens (including phenoxy) is 1. The molecule has 0 fully saturated rings. The van der Waals surface area contributed by atoms with Gasteiger partial charge >= 0.3 is 0 Å². The third-order valence-electron chi connectivity index (χ3n) is 3.42. The smallest absolute Gasteiger partial charge is 0.223 e. The summed E-state index contributed by atoms with van der Waals surface area (Å²) in [4.78, 5) is 16.4. The molecule has 0 aliphatic carbocycles. The van der Waals surface area contributed by atoms with Gasteiger partial charge in [0.05, 0.1) is 13.7 Å². The number of carbonyl (C=O) groups is 1. The topological polar surface area (TPSA) is 29.5 Å². The molecule has 0 radical (unpaired) electrons. The zero-order valence-corrected chi connectivity index (χ0v) is 14.8. The second-order valence-electron chi connectivity index (χ2n) is 5.05. The second-order valence-corrected chi connectivity index (χ2v) is 7.22. The number of carbonyl (C=O) groups excluding carboxylic acids is 1. The highest BCUT2D eigenvalue weighted by molar-refractivity contribution is 7.99. The summed E-state index contributed by atoms with van der Waals surface area (Å²) in [6.45, 7) is 2.79. The predicted molar refractivity (Wildman–Crippen MR) is 93.9 cm³/mol. The van der Waals surface area contributed by atoms with Gasteiger partial charge in [0.2, 0.25) is 5.91 Å². The summed E-state index contributed by atoms with van der Waals surface area (Å²) in [6, 6.07) is 10.0. The molecule has 0 aliphatic heterocycles. The van der Waals surface area contributed by atoms with Gasteiger partial charge in [-0.2, -0.15) is 0 Å². The second kappa shape index (κ2) is 8.25. The molecule has 0 spiro atoms. The van der Waals surface area contributed by atoms with E-state index < -0.39 is 0 Å². The number of benzene rings is 1. The van der Waals surface area contributed by atoms with Crippen LogP contribution in [-0.4, -0.2) is 30.7 Å². The third-order valence-corrected chi connectivity index (χ3v) is 5.44. The van der Waals surface area contributed by atoms with Gasteiger partial charge in [-0.25, -0.2) is 0 Å². The molecule has 1 aromatic heterocycles. The summed E-state index contributed by atoms with van der Waals surface area (Å²) < 4.78 is 5.13. The first-order valence-electron chi connectivity index (χ1n) is 7.14. The maximum Gasteiger partial charge on any atom is 0.223 e. The van der Waals surface area contributed by atoms with Crippen LogP contribution in [0.2, 0.25) is 0 Å². The van der Waals surface area contributed by atoms with Gasteiger partial charge in [-0.05, 0) is 48.2 Å². The zero-order valence-electron chi connectivity index (χ0n) is 13.2. The number of amides is 1. The molecule has 1 heterocycles. The maximum atomic E-state index is 12.2. The van der Waals surface area contributed by atoms with Gasteiger partial charge in [-0.3, -0.25) is 4.79 Å². The van der Waals surface area contributed by atoms with Gasteiger partial charge in [0.15, 0.2) is 0 Å². The minimum atomic E-state index is 0.189. The van der Waals surface area contributed by atoms with Crippen LogP contribution in [0.4, 0.5) is 0 Å². The minimum Gasteiger partial charge on any atom is -0.497 e. The largest absolute Gasteiger partial charge is 0.497 e. The van der Waals surface area contributed by atoms with Gasteiger partial charge in [-0.15, -0.1) is 23.1 Å². The monoisotopic (exact) mass is 335 g/mol. The van der Waals surface area contributed by atoms with E-state index in [0.29, 0.717) is 13.0 Å². The van der Waals surface area contributed by atoms with Crippen LogP contribution in [0, 0.1) is 6.92 Å². The number of hydrogen-bond acceptors (Lipinski definition) is 4. The van der Waals surface area contributed by atoms with Crippen LogP contribution in [0.15, 0.2) is 40.6 Å². The van der Waals surface area contributed by atoms with E-state index in [1.54, 1.807) is 30.2 Å². The van der Waals surface area contributed by atoms with E-state index >= 15 is 0 Å². The summed E-state index contributed by atoms with van der Waals surface area (Å²) in [5, 5.41) is 2.07. The molecule has 0 N–H and O–H groups in total. The van der Waals surface area contributed by atoms with Gasteiger partial charge < -0.3 is 9.64 Å². The summed E-state index contributed by atoms with van der Waals surface area (Å²) in [6.07, 6.45) is 0.553. The van der Waals surface area contributed by atoms with E-state index in [1.165, 1.54) is 10.4 Å². The van der Waals surface area contributed by atoms with Crippen LogP contribution < -0.4 is 4.74 Å². The number of hydrogen-bond donors (Lipinski definition) is 0. The number of thiophene rings is 1. The van der Waals surface area contributed by atoms with E-state index in [-0.39, 0.29) is 5.91 Å².